The Morgan fingerprint density at radius 3 is 2.69 bits per heavy atom. The van der Waals surface area contributed by atoms with E-state index in [1.807, 2.05) is 57.2 Å². The Balaban J connectivity index is 1.48. The van der Waals surface area contributed by atoms with Crippen LogP contribution in [0.15, 0.2) is 42.6 Å². The number of amides is 2. The Hall–Kier alpha value is -2.87. The second-order valence-electron chi connectivity index (χ2n) is 9.51. The van der Waals surface area contributed by atoms with Gasteiger partial charge >= 0.3 is 6.09 Å². The molecular weight excluding hydrogens is 406 g/mol. The second kappa shape index (κ2) is 10.6. The third-order valence-corrected chi connectivity index (χ3v) is 5.37. The first kappa shape index (κ1) is 23.8. The van der Waals surface area contributed by atoms with E-state index in [-0.39, 0.29) is 12.0 Å². The van der Waals surface area contributed by atoms with Crippen LogP contribution in [-0.4, -0.2) is 70.4 Å². The maximum absolute atomic E-state index is 12.7. The van der Waals surface area contributed by atoms with Gasteiger partial charge in [-0.25, -0.2) is 9.48 Å². The van der Waals surface area contributed by atoms with E-state index in [0.717, 1.165) is 31.5 Å². The van der Waals surface area contributed by atoms with Gasteiger partial charge in [0.05, 0.1) is 19.3 Å². The lowest BCUT2D eigenvalue weighted by Gasteiger charge is -2.34. The van der Waals surface area contributed by atoms with Gasteiger partial charge in [0.15, 0.2) is 0 Å². The van der Waals surface area contributed by atoms with Crippen LogP contribution in [-0.2, 0) is 16.1 Å². The van der Waals surface area contributed by atoms with Gasteiger partial charge in [0.1, 0.15) is 11.4 Å². The number of likely N-dealkylation sites (tertiary alicyclic amines) is 1. The van der Waals surface area contributed by atoms with Gasteiger partial charge in [0, 0.05) is 26.2 Å². The largest absolute Gasteiger partial charge is 0.444 e. The summed E-state index contributed by atoms with van der Waals surface area (Å²) in [6, 6.07) is 11.8. The molecule has 1 unspecified atom stereocenters. The van der Waals surface area contributed by atoms with Crippen LogP contribution in [0.5, 0.6) is 0 Å². The predicted octanol–water partition coefficient (Wildman–Crippen LogP) is 3.45. The summed E-state index contributed by atoms with van der Waals surface area (Å²) in [5, 5.41) is 7.33. The van der Waals surface area contributed by atoms with Gasteiger partial charge in [-0.2, -0.15) is 5.10 Å². The lowest BCUT2D eigenvalue weighted by Crippen LogP contribution is -2.45. The molecular formula is C24H35N5O3. The molecule has 1 atom stereocenters. The highest BCUT2D eigenvalue weighted by Crippen LogP contribution is 2.19. The fraction of sp³-hybridized carbons (Fsp3) is 0.542. The molecule has 1 aromatic carbocycles. The first-order chi connectivity index (χ1) is 15.2. The van der Waals surface area contributed by atoms with Crippen molar-refractivity contribution >= 4 is 17.8 Å². The van der Waals surface area contributed by atoms with Gasteiger partial charge in [-0.1, -0.05) is 30.3 Å². The minimum absolute atomic E-state index is 0.0547. The van der Waals surface area contributed by atoms with Crippen LogP contribution < -0.4 is 5.32 Å². The minimum Gasteiger partial charge on any atom is -0.444 e. The molecule has 174 valence electrons. The first-order valence-electron chi connectivity index (χ1n) is 11.2. The van der Waals surface area contributed by atoms with E-state index >= 15 is 0 Å². The number of aromatic nitrogens is 2. The molecule has 1 aliphatic rings. The van der Waals surface area contributed by atoms with Crippen molar-refractivity contribution in [3.63, 3.8) is 0 Å². The summed E-state index contributed by atoms with van der Waals surface area (Å²) in [7, 11) is 1.77. The van der Waals surface area contributed by atoms with Crippen LogP contribution in [0.1, 0.15) is 39.2 Å². The molecule has 1 fully saturated rings. The number of piperidine rings is 1. The smallest absolute Gasteiger partial charge is 0.410 e. The molecule has 1 aromatic heterocycles. The number of rotatable bonds is 7. The molecule has 0 radical (unpaired) electrons. The number of benzene rings is 1. The third kappa shape index (κ3) is 7.37. The summed E-state index contributed by atoms with van der Waals surface area (Å²) in [6.07, 6.45) is 3.43. The first-order valence-corrected chi connectivity index (χ1v) is 11.2. The van der Waals surface area contributed by atoms with Crippen LogP contribution in [0.3, 0.4) is 0 Å². The zero-order valence-electron chi connectivity index (χ0n) is 19.6. The van der Waals surface area contributed by atoms with E-state index in [9.17, 15) is 9.59 Å². The van der Waals surface area contributed by atoms with Crippen molar-refractivity contribution in [2.75, 3.05) is 38.5 Å². The molecule has 0 spiro atoms. The predicted molar refractivity (Wildman–Crippen MR) is 124 cm³/mol. The Labute approximate surface area is 190 Å². The summed E-state index contributed by atoms with van der Waals surface area (Å²) in [4.78, 5) is 28.7. The van der Waals surface area contributed by atoms with E-state index in [2.05, 4.69) is 15.3 Å². The number of anilines is 1. The molecule has 2 amide bonds. The molecule has 8 nitrogen and oxygen atoms in total. The van der Waals surface area contributed by atoms with Crippen molar-refractivity contribution in [3.8, 4) is 0 Å². The highest BCUT2D eigenvalue weighted by atomic mass is 16.6. The van der Waals surface area contributed by atoms with Crippen molar-refractivity contribution in [1.82, 2.24) is 19.6 Å². The van der Waals surface area contributed by atoms with Crippen LogP contribution in [0.2, 0.25) is 0 Å². The fourth-order valence-corrected chi connectivity index (χ4v) is 3.95. The number of hydrogen-bond acceptors (Lipinski definition) is 5. The number of nitrogens with one attached hydrogen (secondary N) is 1. The Morgan fingerprint density at radius 1 is 1.22 bits per heavy atom. The van der Waals surface area contributed by atoms with Crippen molar-refractivity contribution in [2.24, 2.45) is 5.92 Å². The maximum atomic E-state index is 12.7. The molecule has 0 saturated carbocycles. The Bertz CT molecular complexity index is 891. The normalized spacial score (nSPS) is 17.1. The second-order valence-corrected chi connectivity index (χ2v) is 9.51. The quantitative estimate of drug-likeness (QED) is 0.712. The fourth-order valence-electron chi connectivity index (χ4n) is 3.95. The van der Waals surface area contributed by atoms with Gasteiger partial charge in [0.25, 0.3) is 0 Å². The van der Waals surface area contributed by atoms with E-state index in [1.165, 1.54) is 0 Å². The monoisotopic (exact) mass is 441 g/mol. The zero-order chi connectivity index (χ0) is 23.1. The molecule has 0 aliphatic carbocycles. The van der Waals surface area contributed by atoms with Gasteiger partial charge < -0.3 is 15.0 Å². The summed E-state index contributed by atoms with van der Waals surface area (Å²) < 4.78 is 7.24. The van der Waals surface area contributed by atoms with Crippen LogP contribution in [0.25, 0.3) is 0 Å². The molecule has 3 rings (SSSR count). The SMILES string of the molecule is CN(CC1CCCN(CC(=O)Nc2ccnn2Cc2ccccc2)C1)C(=O)OC(C)(C)C. The highest BCUT2D eigenvalue weighted by molar-refractivity contribution is 5.91. The summed E-state index contributed by atoms with van der Waals surface area (Å²) in [5.41, 5.74) is 0.620. The van der Waals surface area contributed by atoms with E-state index in [0.29, 0.717) is 31.4 Å². The topological polar surface area (TPSA) is 79.7 Å². The summed E-state index contributed by atoms with van der Waals surface area (Å²) in [5.74, 6) is 0.954. The molecule has 1 N–H and O–H groups in total. The average Bonchev–Trinajstić information content (AvgIpc) is 3.14. The molecule has 1 aliphatic heterocycles. The standard InChI is InChI=1S/C24H35N5O3/c1-24(2,3)32-23(31)27(4)15-20-11-8-14-28(16-20)18-22(30)26-21-12-13-25-29(21)17-19-9-6-5-7-10-19/h5-7,9-10,12-13,20H,8,11,14-18H2,1-4H3,(H,26,30). The molecule has 8 heteroatoms. The number of nitrogens with zero attached hydrogens (tertiary/aromatic N) is 4. The van der Waals surface area contributed by atoms with Crippen LogP contribution in [0.4, 0.5) is 10.6 Å². The van der Waals surface area contributed by atoms with Crippen molar-refractivity contribution < 1.29 is 14.3 Å². The lowest BCUT2D eigenvalue weighted by atomic mass is 9.97. The van der Waals surface area contributed by atoms with Crippen molar-refractivity contribution in [2.45, 2.75) is 45.8 Å². The van der Waals surface area contributed by atoms with Gasteiger partial charge in [-0.15, -0.1) is 0 Å². The maximum Gasteiger partial charge on any atom is 0.410 e. The van der Waals surface area contributed by atoms with Crippen molar-refractivity contribution in [1.29, 1.82) is 0 Å². The van der Waals surface area contributed by atoms with Gasteiger partial charge in [-0.05, 0) is 51.6 Å². The molecule has 1 saturated heterocycles. The zero-order valence-corrected chi connectivity index (χ0v) is 19.6. The minimum atomic E-state index is -0.505. The van der Waals surface area contributed by atoms with Gasteiger partial charge in [0.2, 0.25) is 5.91 Å². The number of carbonyl (C=O) groups excluding carboxylic acids is 2. The molecule has 32 heavy (non-hydrogen) atoms. The lowest BCUT2D eigenvalue weighted by molar-refractivity contribution is -0.117. The molecule has 2 aromatic rings. The Kier molecular flexibility index (Phi) is 7.90. The molecule has 0 bridgehead atoms. The van der Waals surface area contributed by atoms with Gasteiger partial charge in [-0.3, -0.25) is 9.69 Å². The van der Waals surface area contributed by atoms with E-state index < -0.39 is 5.60 Å². The Morgan fingerprint density at radius 2 is 1.97 bits per heavy atom. The summed E-state index contributed by atoms with van der Waals surface area (Å²) in [6.45, 7) is 8.81. The van der Waals surface area contributed by atoms with Crippen LogP contribution >= 0.6 is 0 Å². The average molecular weight is 442 g/mol. The van der Waals surface area contributed by atoms with Crippen molar-refractivity contribution in [3.05, 3.63) is 48.2 Å². The summed E-state index contributed by atoms with van der Waals surface area (Å²) >= 11 is 0. The van der Waals surface area contributed by atoms with E-state index in [4.69, 9.17) is 4.74 Å². The number of carbonyl (C=O) groups is 2. The molecule has 2 heterocycles. The highest BCUT2D eigenvalue weighted by Gasteiger charge is 2.26. The number of hydrogen-bond donors (Lipinski definition) is 1. The van der Waals surface area contributed by atoms with Crippen LogP contribution in [0, 0.1) is 5.92 Å². The third-order valence-electron chi connectivity index (χ3n) is 5.37. The van der Waals surface area contributed by atoms with E-state index in [1.54, 1.807) is 22.8 Å². The number of ether oxygens (including phenoxy) is 1.